The predicted molar refractivity (Wildman–Crippen MR) is 63.9 cm³/mol. The molecular weight excluding hydrogens is 243 g/mol. The summed E-state index contributed by atoms with van der Waals surface area (Å²) in [6, 6.07) is 4.68. The summed E-state index contributed by atoms with van der Waals surface area (Å²) in [4.78, 5) is 0. The van der Waals surface area contributed by atoms with E-state index in [-0.39, 0.29) is 12.1 Å². The van der Waals surface area contributed by atoms with Crippen LogP contribution in [-0.4, -0.2) is 11.7 Å². The Bertz CT molecular complexity index is 423. The second-order valence-corrected chi connectivity index (χ2v) is 5.39. The van der Waals surface area contributed by atoms with Gasteiger partial charge >= 0.3 is 6.18 Å². The summed E-state index contributed by atoms with van der Waals surface area (Å²) in [6.07, 6.45) is -4.43. The van der Waals surface area contributed by atoms with E-state index in [1.807, 2.05) is 0 Å². The van der Waals surface area contributed by atoms with Crippen LogP contribution < -0.4 is 5.73 Å². The number of nitrogens with two attached hydrogens (primary N) is 1. The smallest absolute Gasteiger partial charge is 0.383 e. The first kappa shape index (κ1) is 15.0. The van der Waals surface area contributed by atoms with Crippen LogP contribution in [0.15, 0.2) is 24.3 Å². The van der Waals surface area contributed by atoms with Gasteiger partial charge in [-0.15, -0.1) is 0 Å². The maximum absolute atomic E-state index is 12.6. The van der Waals surface area contributed by atoms with Crippen molar-refractivity contribution in [1.29, 1.82) is 0 Å². The van der Waals surface area contributed by atoms with Gasteiger partial charge in [0.2, 0.25) is 0 Å². The SMILES string of the molecule is CC(C)(C)C(O)(CN)c1cccc(C(F)(F)F)c1. The van der Waals surface area contributed by atoms with Crippen LogP contribution in [0.2, 0.25) is 0 Å². The summed E-state index contributed by atoms with van der Waals surface area (Å²) < 4.78 is 37.9. The van der Waals surface area contributed by atoms with E-state index >= 15 is 0 Å². The van der Waals surface area contributed by atoms with E-state index in [0.29, 0.717) is 0 Å². The van der Waals surface area contributed by atoms with Crippen molar-refractivity contribution in [3.05, 3.63) is 35.4 Å². The molecule has 0 bridgehead atoms. The number of alkyl halides is 3. The molecule has 0 heterocycles. The highest BCUT2D eigenvalue weighted by Gasteiger charge is 2.41. The third-order valence-electron chi connectivity index (χ3n) is 3.20. The van der Waals surface area contributed by atoms with Crippen LogP contribution in [0, 0.1) is 5.41 Å². The van der Waals surface area contributed by atoms with Gasteiger partial charge in [-0.25, -0.2) is 0 Å². The first-order valence-electron chi connectivity index (χ1n) is 5.62. The fourth-order valence-corrected chi connectivity index (χ4v) is 1.81. The molecule has 1 aromatic carbocycles. The molecule has 0 saturated heterocycles. The lowest BCUT2D eigenvalue weighted by atomic mass is 9.72. The van der Waals surface area contributed by atoms with Gasteiger partial charge in [-0.05, 0) is 23.1 Å². The Balaban J connectivity index is 3.33. The van der Waals surface area contributed by atoms with Crippen molar-refractivity contribution in [1.82, 2.24) is 0 Å². The predicted octanol–water partition coefficient (Wildman–Crippen LogP) is 2.90. The zero-order chi connectivity index (χ0) is 14.2. The van der Waals surface area contributed by atoms with E-state index in [9.17, 15) is 18.3 Å². The Morgan fingerprint density at radius 3 is 2.00 bits per heavy atom. The molecule has 0 aliphatic rings. The summed E-state index contributed by atoms with van der Waals surface area (Å²) >= 11 is 0. The Labute approximate surface area is 105 Å². The number of benzene rings is 1. The summed E-state index contributed by atoms with van der Waals surface area (Å²) in [7, 11) is 0. The van der Waals surface area contributed by atoms with Gasteiger partial charge in [-0.2, -0.15) is 13.2 Å². The van der Waals surface area contributed by atoms with Crippen LogP contribution in [-0.2, 0) is 11.8 Å². The summed E-state index contributed by atoms with van der Waals surface area (Å²) in [5.41, 5.74) is 2.81. The lowest BCUT2D eigenvalue weighted by Gasteiger charge is -2.40. The van der Waals surface area contributed by atoms with E-state index in [0.717, 1.165) is 12.1 Å². The van der Waals surface area contributed by atoms with E-state index in [2.05, 4.69) is 0 Å². The maximum Gasteiger partial charge on any atom is 0.416 e. The molecule has 1 atom stereocenters. The summed E-state index contributed by atoms with van der Waals surface area (Å²) in [6.45, 7) is 5.07. The highest BCUT2D eigenvalue weighted by Crippen LogP contribution is 2.40. The molecule has 0 fully saturated rings. The largest absolute Gasteiger partial charge is 0.416 e. The van der Waals surface area contributed by atoms with Gasteiger partial charge in [0.15, 0.2) is 0 Å². The van der Waals surface area contributed by atoms with Gasteiger partial charge in [-0.3, -0.25) is 0 Å². The van der Waals surface area contributed by atoms with Crippen molar-refractivity contribution in [2.75, 3.05) is 6.54 Å². The Kier molecular flexibility index (Phi) is 3.79. The molecule has 0 aliphatic heterocycles. The summed E-state index contributed by atoms with van der Waals surface area (Å²) in [5.74, 6) is 0. The normalized spacial score (nSPS) is 16.4. The molecule has 0 aromatic heterocycles. The monoisotopic (exact) mass is 261 g/mol. The molecule has 5 heteroatoms. The average Bonchev–Trinajstić information content (AvgIpc) is 2.25. The topological polar surface area (TPSA) is 46.2 Å². The van der Waals surface area contributed by atoms with Gasteiger partial charge in [0, 0.05) is 6.54 Å². The van der Waals surface area contributed by atoms with Gasteiger partial charge in [0.25, 0.3) is 0 Å². The zero-order valence-electron chi connectivity index (χ0n) is 10.7. The average molecular weight is 261 g/mol. The van der Waals surface area contributed by atoms with E-state index in [1.54, 1.807) is 20.8 Å². The second kappa shape index (κ2) is 4.55. The Hall–Kier alpha value is -1.07. The first-order valence-corrected chi connectivity index (χ1v) is 5.62. The highest BCUT2D eigenvalue weighted by atomic mass is 19.4. The molecule has 102 valence electrons. The molecule has 3 N–H and O–H groups in total. The molecule has 0 amide bonds. The molecule has 0 saturated carbocycles. The summed E-state index contributed by atoms with van der Waals surface area (Å²) in [5, 5.41) is 10.5. The van der Waals surface area contributed by atoms with Gasteiger partial charge in [-0.1, -0.05) is 32.9 Å². The quantitative estimate of drug-likeness (QED) is 0.859. The molecule has 0 radical (unpaired) electrons. The van der Waals surface area contributed by atoms with Crippen LogP contribution in [0.5, 0.6) is 0 Å². The third-order valence-corrected chi connectivity index (χ3v) is 3.20. The minimum absolute atomic E-state index is 0.141. The molecular formula is C13H18F3NO. The standard InChI is InChI=1S/C13H18F3NO/c1-11(2,3)12(18,8-17)9-5-4-6-10(7-9)13(14,15)16/h4-7,18H,8,17H2,1-3H3. The van der Waals surface area contributed by atoms with Crippen LogP contribution in [0.4, 0.5) is 13.2 Å². The molecule has 1 unspecified atom stereocenters. The van der Waals surface area contributed by atoms with E-state index in [1.165, 1.54) is 12.1 Å². The van der Waals surface area contributed by atoms with Crippen molar-refractivity contribution in [3.63, 3.8) is 0 Å². The fourth-order valence-electron chi connectivity index (χ4n) is 1.81. The highest BCUT2D eigenvalue weighted by molar-refractivity contribution is 5.31. The maximum atomic E-state index is 12.6. The van der Waals surface area contributed by atoms with Crippen LogP contribution in [0.1, 0.15) is 31.9 Å². The van der Waals surface area contributed by atoms with Gasteiger partial charge < -0.3 is 10.8 Å². The zero-order valence-corrected chi connectivity index (χ0v) is 10.7. The Morgan fingerprint density at radius 2 is 1.61 bits per heavy atom. The first-order chi connectivity index (χ1) is 8.02. The van der Waals surface area contributed by atoms with E-state index in [4.69, 9.17) is 5.73 Å². The molecule has 1 aromatic rings. The molecule has 0 aliphatic carbocycles. The van der Waals surface area contributed by atoms with Crippen molar-refractivity contribution in [2.45, 2.75) is 32.5 Å². The van der Waals surface area contributed by atoms with Crippen molar-refractivity contribution < 1.29 is 18.3 Å². The number of hydrogen-bond acceptors (Lipinski definition) is 2. The number of aliphatic hydroxyl groups is 1. The van der Waals surface area contributed by atoms with Crippen LogP contribution in [0.3, 0.4) is 0 Å². The third kappa shape index (κ3) is 2.67. The van der Waals surface area contributed by atoms with E-state index < -0.39 is 22.8 Å². The molecule has 2 nitrogen and oxygen atoms in total. The minimum Gasteiger partial charge on any atom is -0.383 e. The minimum atomic E-state index is -4.43. The number of hydrogen-bond donors (Lipinski definition) is 2. The van der Waals surface area contributed by atoms with Gasteiger partial charge in [0.1, 0.15) is 5.60 Å². The lowest BCUT2D eigenvalue weighted by Crippen LogP contribution is -2.46. The van der Waals surface area contributed by atoms with Crippen molar-refractivity contribution in [3.8, 4) is 0 Å². The molecule has 0 spiro atoms. The lowest BCUT2D eigenvalue weighted by molar-refractivity contribution is -0.138. The second-order valence-electron chi connectivity index (χ2n) is 5.39. The Morgan fingerprint density at radius 1 is 1.11 bits per heavy atom. The van der Waals surface area contributed by atoms with Crippen molar-refractivity contribution in [2.24, 2.45) is 11.1 Å². The molecule has 1 rings (SSSR count). The number of rotatable bonds is 2. The van der Waals surface area contributed by atoms with Gasteiger partial charge in [0.05, 0.1) is 5.56 Å². The van der Waals surface area contributed by atoms with Crippen LogP contribution >= 0.6 is 0 Å². The number of halogens is 3. The van der Waals surface area contributed by atoms with Crippen molar-refractivity contribution >= 4 is 0 Å². The van der Waals surface area contributed by atoms with Crippen LogP contribution in [0.25, 0.3) is 0 Å². The fraction of sp³-hybridized carbons (Fsp3) is 0.538. The molecule has 18 heavy (non-hydrogen) atoms.